The molecule has 2 unspecified atom stereocenters. The van der Waals surface area contributed by atoms with Gasteiger partial charge < -0.3 is 20.1 Å². The minimum absolute atomic E-state index is 0.0340. The maximum Gasteiger partial charge on any atom is 0.286 e. The Kier molecular flexibility index (Phi) is 5.97. The van der Waals surface area contributed by atoms with Crippen molar-refractivity contribution in [1.29, 1.82) is 0 Å². The first-order valence-corrected chi connectivity index (χ1v) is 7.90. The first-order valence-electron chi connectivity index (χ1n) is 7.90. The second-order valence-corrected chi connectivity index (χ2v) is 5.85. The molecule has 1 aliphatic heterocycles. The van der Waals surface area contributed by atoms with Crippen molar-refractivity contribution in [3.63, 3.8) is 0 Å². The number of piperidine rings is 1. The molecule has 132 valence electrons. The van der Waals surface area contributed by atoms with Gasteiger partial charge in [-0.15, -0.1) is 0 Å². The highest BCUT2D eigenvalue weighted by Crippen LogP contribution is 2.34. The summed E-state index contributed by atoms with van der Waals surface area (Å²) in [7, 11) is 2.81. The summed E-state index contributed by atoms with van der Waals surface area (Å²) in [5.41, 5.74) is -0.340. The molecule has 1 heterocycles. The fraction of sp³-hybridized carbons (Fsp3) is 0.562. The standard InChI is InChI=1S/C16H23N3O5/c1-10(11-5-4-6-17-9-11)18-16(20)12-7-14(23-2)15(24-3)8-13(12)19(21)22/h7-8,10-11,17H,4-6,9H2,1-3H3,(H,18,20). The van der Waals surface area contributed by atoms with Crippen LogP contribution in [0.4, 0.5) is 5.69 Å². The van der Waals surface area contributed by atoms with Gasteiger partial charge in [0.05, 0.1) is 25.2 Å². The van der Waals surface area contributed by atoms with Gasteiger partial charge in [-0.25, -0.2) is 0 Å². The minimum atomic E-state index is -0.594. The van der Waals surface area contributed by atoms with Crippen LogP contribution in [0, 0.1) is 16.0 Å². The van der Waals surface area contributed by atoms with E-state index in [1.807, 2.05) is 6.92 Å². The number of rotatable bonds is 6. The number of amides is 1. The number of carbonyl (C=O) groups excluding carboxylic acids is 1. The fourth-order valence-electron chi connectivity index (χ4n) is 2.91. The van der Waals surface area contributed by atoms with Crippen LogP contribution in [0.5, 0.6) is 11.5 Å². The molecule has 8 heteroatoms. The second-order valence-electron chi connectivity index (χ2n) is 5.85. The van der Waals surface area contributed by atoms with Crippen LogP contribution in [-0.2, 0) is 0 Å². The van der Waals surface area contributed by atoms with Crippen molar-refractivity contribution in [3.8, 4) is 11.5 Å². The molecule has 2 rings (SSSR count). The summed E-state index contributed by atoms with van der Waals surface area (Å²) in [6, 6.07) is 2.47. The molecule has 24 heavy (non-hydrogen) atoms. The van der Waals surface area contributed by atoms with E-state index in [9.17, 15) is 14.9 Å². The van der Waals surface area contributed by atoms with Crippen LogP contribution < -0.4 is 20.1 Å². The number of carbonyl (C=O) groups is 1. The lowest BCUT2D eigenvalue weighted by Gasteiger charge is -2.28. The summed E-state index contributed by atoms with van der Waals surface area (Å²) in [6.07, 6.45) is 2.07. The number of nitro benzene ring substituents is 1. The molecule has 2 atom stereocenters. The number of hydrogen-bond donors (Lipinski definition) is 2. The van der Waals surface area contributed by atoms with E-state index in [-0.39, 0.29) is 28.8 Å². The molecule has 0 radical (unpaired) electrons. The molecule has 1 amide bonds. The SMILES string of the molecule is COc1cc(C(=O)NC(C)C2CCCNC2)c([N+](=O)[O-])cc1OC. The third kappa shape index (κ3) is 3.94. The average Bonchev–Trinajstić information content (AvgIpc) is 2.60. The van der Waals surface area contributed by atoms with Gasteiger partial charge in [-0.1, -0.05) is 0 Å². The van der Waals surface area contributed by atoms with Gasteiger partial charge in [0.15, 0.2) is 11.5 Å². The van der Waals surface area contributed by atoms with Gasteiger partial charge in [0.2, 0.25) is 0 Å². The van der Waals surface area contributed by atoms with Gasteiger partial charge in [-0.2, -0.15) is 0 Å². The van der Waals surface area contributed by atoms with Crippen LogP contribution in [0.15, 0.2) is 12.1 Å². The Morgan fingerprint density at radius 2 is 2.04 bits per heavy atom. The molecule has 0 bridgehead atoms. The minimum Gasteiger partial charge on any atom is -0.493 e. The normalized spacial score (nSPS) is 18.5. The quantitative estimate of drug-likeness (QED) is 0.605. The van der Waals surface area contributed by atoms with Gasteiger partial charge >= 0.3 is 0 Å². The Balaban J connectivity index is 2.25. The van der Waals surface area contributed by atoms with E-state index in [0.29, 0.717) is 5.92 Å². The van der Waals surface area contributed by atoms with Crippen LogP contribution in [0.3, 0.4) is 0 Å². The lowest BCUT2D eigenvalue weighted by molar-refractivity contribution is -0.385. The summed E-state index contributed by atoms with van der Waals surface area (Å²) in [4.78, 5) is 23.3. The zero-order valence-corrected chi connectivity index (χ0v) is 14.1. The number of benzene rings is 1. The lowest BCUT2D eigenvalue weighted by Crippen LogP contribution is -2.44. The van der Waals surface area contributed by atoms with Crippen molar-refractivity contribution in [1.82, 2.24) is 10.6 Å². The predicted molar refractivity (Wildman–Crippen MR) is 88.7 cm³/mol. The van der Waals surface area contributed by atoms with Crippen molar-refractivity contribution in [2.75, 3.05) is 27.3 Å². The van der Waals surface area contributed by atoms with Crippen molar-refractivity contribution >= 4 is 11.6 Å². The number of nitro groups is 1. The smallest absolute Gasteiger partial charge is 0.286 e. The highest BCUT2D eigenvalue weighted by molar-refractivity contribution is 5.99. The third-order valence-electron chi connectivity index (χ3n) is 4.34. The first kappa shape index (κ1) is 18.0. The molecule has 0 aromatic heterocycles. The van der Waals surface area contributed by atoms with Crippen molar-refractivity contribution in [2.24, 2.45) is 5.92 Å². The van der Waals surface area contributed by atoms with Crippen LogP contribution in [0.2, 0.25) is 0 Å². The van der Waals surface area contributed by atoms with E-state index in [2.05, 4.69) is 10.6 Å². The van der Waals surface area contributed by atoms with Crippen molar-refractivity contribution in [2.45, 2.75) is 25.8 Å². The van der Waals surface area contributed by atoms with Crippen LogP contribution >= 0.6 is 0 Å². The first-order chi connectivity index (χ1) is 11.5. The molecule has 1 saturated heterocycles. The molecular weight excluding hydrogens is 314 g/mol. The van der Waals surface area contributed by atoms with Gasteiger partial charge in [-0.3, -0.25) is 14.9 Å². The van der Waals surface area contributed by atoms with E-state index < -0.39 is 10.8 Å². The number of hydrogen-bond acceptors (Lipinski definition) is 6. The van der Waals surface area contributed by atoms with Crippen LogP contribution in [-0.4, -0.2) is 44.2 Å². The zero-order valence-electron chi connectivity index (χ0n) is 14.1. The van der Waals surface area contributed by atoms with Gasteiger partial charge in [0.25, 0.3) is 11.6 Å². The number of nitrogens with zero attached hydrogens (tertiary/aromatic N) is 1. The predicted octanol–water partition coefficient (Wildman–Crippen LogP) is 1.73. The largest absolute Gasteiger partial charge is 0.493 e. The maximum atomic E-state index is 12.6. The Morgan fingerprint density at radius 1 is 1.38 bits per heavy atom. The van der Waals surface area contributed by atoms with Gasteiger partial charge in [-0.05, 0) is 38.8 Å². The highest BCUT2D eigenvalue weighted by Gasteiger charge is 2.27. The number of methoxy groups -OCH3 is 2. The molecule has 1 fully saturated rings. The summed E-state index contributed by atoms with van der Waals surface area (Å²) in [6.45, 7) is 3.73. The molecule has 0 aliphatic carbocycles. The molecule has 2 N–H and O–H groups in total. The number of nitrogens with one attached hydrogen (secondary N) is 2. The maximum absolute atomic E-state index is 12.6. The highest BCUT2D eigenvalue weighted by atomic mass is 16.6. The summed E-state index contributed by atoms with van der Waals surface area (Å²) >= 11 is 0. The molecule has 0 saturated carbocycles. The number of ether oxygens (including phenoxy) is 2. The van der Waals surface area contributed by atoms with Gasteiger partial charge in [0, 0.05) is 12.1 Å². The monoisotopic (exact) mass is 337 g/mol. The summed E-state index contributed by atoms with van der Waals surface area (Å²) < 4.78 is 10.2. The van der Waals surface area contributed by atoms with Gasteiger partial charge in [0.1, 0.15) is 5.56 Å². The van der Waals surface area contributed by atoms with E-state index in [1.165, 1.54) is 26.4 Å². The topological polar surface area (TPSA) is 103 Å². The molecule has 8 nitrogen and oxygen atoms in total. The fourth-order valence-corrected chi connectivity index (χ4v) is 2.91. The third-order valence-corrected chi connectivity index (χ3v) is 4.34. The Hall–Kier alpha value is -2.35. The van der Waals surface area contributed by atoms with E-state index in [4.69, 9.17) is 9.47 Å². The van der Waals surface area contributed by atoms with Crippen LogP contribution in [0.25, 0.3) is 0 Å². The van der Waals surface area contributed by atoms with Crippen molar-refractivity contribution in [3.05, 3.63) is 27.8 Å². The Morgan fingerprint density at radius 3 is 2.58 bits per heavy atom. The Bertz CT molecular complexity index is 614. The second kappa shape index (κ2) is 7.96. The summed E-state index contributed by atoms with van der Waals surface area (Å²) in [5, 5.41) is 17.5. The van der Waals surface area contributed by atoms with Crippen LogP contribution in [0.1, 0.15) is 30.1 Å². The molecule has 1 aliphatic rings. The van der Waals surface area contributed by atoms with E-state index in [0.717, 1.165) is 25.9 Å². The average molecular weight is 337 g/mol. The van der Waals surface area contributed by atoms with Crippen molar-refractivity contribution < 1.29 is 19.2 Å². The summed E-state index contributed by atoms with van der Waals surface area (Å²) in [5.74, 6) is 0.313. The van der Waals surface area contributed by atoms with E-state index in [1.54, 1.807) is 0 Å². The molecular formula is C16H23N3O5. The molecule has 1 aromatic carbocycles. The lowest BCUT2D eigenvalue weighted by atomic mass is 9.92. The molecule has 0 spiro atoms. The molecule has 1 aromatic rings. The Labute approximate surface area is 140 Å². The van der Waals surface area contributed by atoms with E-state index >= 15 is 0 Å². The zero-order chi connectivity index (χ0) is 17.7.